The number of hydrogen-bond donors (Lipinski definition) is 1. The van der Waals surface area contributed by atoms with Crippen LogP contribution in [0.2, 0.25) is 0 Å². The van der Waals surface area contributed by atoms with Crippen molar-refractivity contribution in [1.29, 1.82) is 0 Å². The third kappa shape index (κ3) is 0.798. The minimum atomic E-state index is -0.121. The third-order valence-electron chi connectivity index (χ3n) is 3.53. The molecule has 3 fully saturated rings. The molecule has 1 aliphatic carbocycles. The molecule has 0 unspecified atom stereocenters. The first-order valence-corrected chi connectivity index (χ1v) is 4.37. The molecule has 3 aliphatic rings. The average molecular weight is 156 g/mol. The van der Waals surface area contributed by atoms with Crippen molar-refractivity contribution in [2.75, 3.05) is 13.2 Å². The largest absolute Gasteiger partial charge is 0.393 e. The molecule has 2 nitrogen and oxygen atoms in total. The molecule has 0 aromatic rings. The van der Waals surface area contributed by atoms with Crippen molar-refractivity contribution in [2.45, 2.75) is 32.3 Å². The Kier molecular flexibility index (Phi) is 1.37. The Morgan fingerprint density at radius 3 is 2.36 bits per heavy atom. The van der Waals surface area contributed by atoms with E-state index in [-0.39, 0.29) is 12.2 Å². The highest BCUT2D eigenvalue weighted by molar-refractivity contribution is 5.11. The summed E-state index contributed by atoms with van der Waals surface area (Å²) in [5, 5.41) is 9.03. The smallest absolute Gasteiger partial charge is 0.0924 e. The summed E-state index contributed by atoms with van der Waals surface area (Å²) in [5.74, 6) is 0.699. The standard InChI is InChI=1S/C9H16O2/c1-7(2)8-3-9(4-8,5-10)11-6-8/h7,10H,3-6H2,1-2H3. The molecule has 2 saturated heterocycles. The normalized spacial score (nSPS) is 48.0. The van der Waals surface area contributed by atoms with E-state index >= 15 is 0 Å². The second-order valence-corrected chi connectivity index (χ2v) is 4.50. The van der Waals surface area contributed by atoms with E-state index in [1.807, 2.05) is 0 Å². The Bertz CT molecular complexity index is 168. The summed E-state index contributed by atoms with van der Waals surface area (Å²) in [4.78, 5) is 0. The molecule has 0 aromatic heterocycles. The summed E-state index contributed by atoms with van der Waals surface area (Å²) in [6, 6.07) is 0. The molecule has 64 valence electrons. The van der Waals surface area contributed by atoms with Gasteiger partial charge in [-0.05, 0) is 18.8 Å². The summed E-state index contributed by atoms with van der Waals surface area (Å²) in [5.41, 5.74) is 0.299. The van der Waals surface area contributed by atoms with Crippen LogP contribution in [-0.4, -0.2) is 23.9 Å². The molecular formula is C9H16O2. The lowest BCUT2D eigenvalue weighted by molar-refractivity contribution is -0.0659. The van der Waals surface area contributed by atoms with E-state index in [1.165, 1.54) is 0 Å². The minimum Gasteiger partial charge on any atom is -0.393 e. The van der Waals surface area contributed by atoms with Crippen LogP contribution >= 0.6 is 0 Å². The first-order valence-electron chi connectivity index (χ1n) is 4.37. The van der Waals surface area contributed by atoms with Crippen LogP contribution in [0.1, 0.15) is 26.7 Å². The topological polar surface area (TPSA) is 29.5 Å². The number of aliphatic hydroxyl groups is 1. The van der Waals surface area contributed by atoms with Gasteiger partial charge in [0.2, 0.25) is 0 Å². The highest BCUT2D eigenvalue weighted by Crippen LogP contribution is 2.61. The van der Waals surface area contributed by atoms with Gasteiger partial charge in [0.25, 0.3) is 0 Å². The second kappa shape index (κ2) is 1.99. The van der Waals surface area contributed by atoms with Crippen LogP contribution in [0.25, 0.3) is 0 Å². The van der Waals surface area contributed by atoms with Crippen molar-refractivity contribution >= 4 is 0 Å². The van der Waals surface area contributed by atoms with E-state index in [4.69, 9.17) is 9.84 Å². The van der Waals surface area contributed by atoms with Gasteiger partial charge in [-0.2, -0.15) is 0 Å². The molecule has 11 heavy (non-hydrogen) atoms. The van der Waals surface area contributed by atoms with E-state index < -0.39 is 0 Å². The number of hydrogen-bond acceptors (Lipinski definition) is 2. The van der Waals surface area contributed by atoms with Gasteiger partial charge in [-0.15, -0.1) is 0 Å². The van der Waals surface area contributed by atoms with Gasteiger partial charge in [-0.3, -0.25) is 0 Å². The molecule has 0 radical (unpaired) electrons. The van der Waals surface area contributed by atoms with E-state index in [1.54, 1.807) is 0 Å². The van der Waals surface area contributed by atoms with Gasteiger partial charge in [0.05, 0.1) is 18.8 Å². The maximum absolute atomic E-state index is 9.03. The zero-order chi connectivity index (χ0) is 8.11. The van der Waals surface area contributed by atoms with E-state index in [0.29, 0.717) is 11.3 Å². The zero-order valence-corrected chi connectivity index (χ0v) is 7.26. The molecule has 0 aromatic carbocycles. The lowest BCUT2D eigenvalue weighted by Crippen LogP contribution is -2.49. The van der Waals surface area contributed by atoms with Crippen LogP contribution in [0.15, 0.2) is 0 Å². The van der Waals surface area contributed by atoms with Gasteiger partial charge in [-0.25, -0.2) is 0 Å². The van der Waals surface area contributed by atoms with Crippen LogP contribution in [0, 0.1) is 11.3 Å². The Labute approximate surface area is 67.6 Å². The van der Waals surface area contributed by atoms with Crippen molar-refractivity contribution in [1.82, 2.24) is 0 Å². The quantitative estimate of drug-likeness (QED) is 0.650. The molecule has 0 amide bonds. The predicted molar refractivity (Wildman–Crippen MR) is 42.3 cm³/mol. The lowest BCUT2D eigenvalue weighted by atomic mass is 9.58. The zero-order valence-electron chi connectivity index (χ0n) is 7.26. The van der Waals surface area contributed by atoms with Crippen molar-refractivity contribution in [2.24, 2.45) is 11.3 Å². The number of fused-ring (bicyclic) bond motifs is 1. The second-order valence-electron chi connectivity index (χ2n) is 4.50. The van der Waals surface area contributed by atoms with Crippen LogP contribution in [0.5, 0.6) is 0 Å². The highest BCUT2D eigenvalue weighted by atomic mass is 16.5. The van der Waals surface area contributed by atoms with Gasteiger partial charge >= 0.3 is 0 Å². The van der Waals surface area contributed by atoms with Crippen molar-refractivity contribution in [3.05, 3.63) is 0 Å². The number of ether oxygens (including phenoxy) is 1. The molecule has 1 saturated carbocycles. The lowest BCUT2D eigenvalue weighted by Gasteiger charge is -2.46. The van der Waals surface area contributed by atoms with Crippen LogP contribution in [0.3, 0.4) is 0 Å². The Morgan fingerprint density at radius 1 is 1.45 bits per heavy atom. The number of rotatable bonds is 2. The van der Waals surface area contributed by atoms with Gasteiger partial charge in [0.1, 0.15) is 0 Å². The molecule has 2 bridgehead atoms. The monoisotopic (exact) mass is 156 g/mol. The van der Waals surface area contributed by atoms with Gasteiger partial charge in [0.15, 0.2) is 0 Å². The van der Waals surface area contributed by atoms with E-state index in [2.05, 4.69) is 13.8 Å². The fourth-order valence-electron chi connectivity index (χ4n) is 2.46. The van der Waals surface area contributed by atoms with Crippen LogP contribution < -0.4 is 0 Å². The van der Waals surface area contributed by atoms with Gasteiger partial charge in [-0.1, -0.05) is 13.8 Å². The van der Waals surface area contributed by atoms with Crippen molar-refractivity contribution in [3.8, 4) is 0 Å². The van der Waals surface area contributed by atoms with E-state index in [9.17, 15) is 0 Å². The molecule has 1 N–H and O–H groups in total. The maximum atomic E-state index is 9.03. The SMILES string of the molecule is CC(C)C12COC(CO)(C1)C2. The summed E-state index contributed by atoms with van der Waals surface area (Å²) >= 11 is 0. The predicted octanol–water partition coefficient (Wildman–Crippen LogP) is 1.18. The molecular weight excluding hydrogens is 140 g/mol. The van der Waals surface area contributed by atoms with Crippen LogP contribution in [0.4, 0.5) is 0 Å². The van der Waals surface area contributed by atoms with Gasteiger partial charge < -0.3 is 9.84 Å². The minimum absolute atomic E-state index is 0.121. The average Bonchev–Trinajstić information content (AvgIpc) is 2.39. The summed E-state index contributed by atoms with van der Waals surface area (Å²) in [7, 11) is 0. The van der Waals surface area contributed by atoms with Gasteiger partial charge in [0, 0.05) is 5.41 Å². The van der Waals surface area contributed by atoms with Crippen LogP contribution in [-0.2, 0) is 4.74 Å². The Morgan fingerprint density at radius 2 is 2.09 bits per heavy atom. The molecule has 2 heteroatoms. The highest BCUT2D eigenvalue weighted by Gasteiger charge is 2.62. The third-order valence-corrected chi connectivity index (χ3v) is 3.53. The van der Waals surface area contributed by atoms with Crippen molar-refractivity contribution < 1.29 is 9.84 Å². The summed E-state index contributed by atoms with van der Waals surface area (Å²) in [6.45, 7) is 5.57. The van der Waals surface area contributed by atoms with Crippen molar-refractivity contribution in [3.63, 3.8) is 0 Å². The maximum Gasteiger partial charge on any atom is 0.0924 e. The molecule has 0 spiro atoms. The Hall–Kier alpha value is -0.0800. The Balaban J connectivity index is 2.08. The summed E-state index contributed by atoms with van der Waals surface area (Å²) in [6.07, 6.45) is 2.16. The fourth-order valence-corrected chi connectivity index (χ4v) is 2.46. The fraction of sp³-hybridized carbons (Fsp3) is 1.00. The molecule has 3 rings (SSSR count). The first kappa shape index (κ1) is 7.56. The number of aliphatic hydroxyl groups excluding tert-OH is 1. The van der Waals surface area contributed by atoms with E-state index in [0.717, 1.165) is 19.4 Å². The molecule has 2 aliphatic heterocycles. The summed E-state index contributed by atoms with van der Waals surface area (Å²) < 4.78 is 5.58. The molecule has 0 atom stereocenters. The molecule has 2 heterocycles. The first-order chi connectivity index (χ1) is 5.13.